The van der Waals surface area contributed by atoms with E-state index >= 15 is 0 Å². The molecule has 0 bridgehead atoms. The molecule has 1 aliphatic heterocycles. The number of amides is 1. The van der Waals surface area contributed by atoms with Gasteiger partial charge in [-0.15, -0.1) is 0 Å². The number of hydrogen-bond donors (Lipinski definition) is 3. The topological polar surface area (TPSA) is 128 Å². The maximum atomic E-state index is 12.3. The van der Waals surface area contributed by atoms with Crippen LogP contribution in [0.15, 0.2) is 48.7 Å². The zero-order valence-electron chi connectivity index (χ0n) is 20.4. The van der Waals surface area contributed by atoms with Gasteiger partial charge in [-0.1, -0.05) is 12.1 Å². The van der Waals surface area contributed by atoms with Gasteiger partial charge in [0.05, 0.1) is 37.4 Å². The number of hydroxylamine groups is 1. The van der Waals surface area contributed by atoms with E-state index < -0.39 is 5.91 Å². The number of nitrogens with zero attached hydrogens (tertiary/aromatic N) is 5. The third-order valence-corrected chi connectivity index (χ3v) is 5.81. The molecular formula is C25H28N8O3. The minimum absolute atomic E-state index is 0.232. The molecule has 2 aromatic carbocycles. The second-order valence-corrected chi connectivity index (χ2v) is 8.18. The lowest BCUT2D eigenvalue weighted by atomic mass is 10.1. The van der Waals surface area contributed by atoms with Gasteiger partial charge in [0.25, 0.3) is 5.91 Å². The zero-order chi connectivity index (χ0) is 25.5. The van der Waals surface area contributed by atoms with Crippen molar-refractivity contribution in [2.24, 2.45) is 0 Å². The first-order valence-electron chi connectivity index (χ1n) is 11.4. The van der Waals surface area contributed by atoms with Crippen LogP contribution < -0.4 is 25.8 Å². The second kappa shape index (κ2) is 11.4. The molecule has 0 atom stereocenters. The van der Waals surface area contributed by atoms with Crippen LogP contribution in [0.2, 0.25) is 0 Å². The van der Waals surface area contributed by atoms with Crippen LogP contribution in [0, 0.1) is 11.3 Å². The first-order chi connectivity index (χ1) is 17.5. The number of rotatable bonds is 8. The summed E-state index contributed by atoms with van der Waals surface area (Å²) in [5.41, 5.74) is 5.10. The van der Waals surface area contributed by atoms with E-state index in [-0.39, 0.29) is 11.4 Å². The molecule has 2 heterocycles. The molecule has 186 valence electrons. The maximum Gasteiger partial charge on any atom is 0.276 e. The number of nitrogens with one attached hydrogen (secondary N) is 3. The van der Waals surface area contributed by atoms with E-state index in [2.05, 4.69) is 49.0 Å². The highest BCUT2D eigenvalue weighted by Gasteiger charge is 2.19. The van der Waals surface area contributed by atoms with Crippen molar-refractivity contribution in [2.75, 3.05) is 63.0 Å². The molecule has 1 fully saturated rings. The average Bonchev–Trinajstić information content (AvgIpc) is 2.90. The summed E-state index contributed by atoms with van der Waals surface area (Å²) in [7, 11) is 5.13. The van der Waals surface area contributed by atoms with Crippen LogP contribution >= 0.6 is 0 Å². The fourth-order valence-corrected chi connectivity index (χ4v) is 3.88. The summed E-state index contributed by atoms with van der Waals surface area (Å²) < 4.78 is 5.59. The standard InChI is InChI=1S/C25H28N8O3/c1-32-10-12-33(13-11-32)21-14-18(8-9-22(21)35-2)28-25-27-16-17(15-26)23(30-25)29-20-7-5-4-6-19(20)24(34)31-36-3/h4-9,14,16H,10-13H2,1-3H3,(H,31,34)(H2,27,28,29,30). The minimum atomic E-state index is -0.429. The minimum Gasteiger partial charge on any atom is -0.495 e. The predicted molar refractivity (Wildman–Crippen MR) is 137 cm³/mol. The summed E-state index contributed by atoms with van der Waals surface area (Å²) in [6, 6.07) is 14.7. The van der Waals surface area contributed by atoms with Crippen LogP contribution in [0.4, 0.5) is 28.8 Å². The smallest absolute Gasteiger partial charge is 0.276 e. The van der Waals surface area contributed by atoms with Crippen LogP contribution in [0.1, 0.15) is 15.9 Å². The highest BCUT2D eigenvalue weighted by Crippen LogP contribution is 2.33. The molecule has 36 heavy (non-hydrogen) atoms. The van der Waals surface area contributed by atoms with Gasteiger partial charge in [-0.25, -0.2) is 10.5 Å². The molecule has 0 saturated carbocycles. The summed E-state index contributed by atoms with van der Waals surface area (Å²) in [6.07, 6.45) is 1.43. The van der Waals surface area contributed by atoms with E-state index in [1.165, 1.54) is 13.3 Å². The van der Waals surface area contributed by atoms with Crippen molar-refractivity contribution in [2.45, 2.75) is 0 Å². The summed E-state index contributed by atoms with van der Waals surface area (Å²) >= 11 is 0. The number of para-hydroxylation sites is 1. The molecule has 11 nitrogen and oxygen atoms in total. The summed E-state index contributed by atoms with van der Waals surface area (Å²) in [4.78, 5) is 30.5. The van der Waals surface area contributed by atoms with E-state index in [1.807, 2.05) is 18.2 Å². The molecule has 4 rings (SSSR count). The Morgan fingerprint density at radius 2 is 1.86 bits per heavy atom. The van der Waals surface area contributed by atoms with Crippen LogP contribution in [0.25, 0.3) is 0 Å². The number of benzene rings is 2. The largest absolute Gasteiger partial charge is 0.495 e. The third-order valence-electron chi connectivity index (χ3n) is 5.81. The number of piperazine rings is 1. The molecule has 0 spiro atoms. The molecule has 1 aromatic heterocycles. The molecule has 1 amide bonds. The Balaban J connectivity index is 1.60. The molecule has 11 heteroatoms. The molecule has 3 aromatic rings. The number of anilines is 5. The van der Waals surface area contributed by atoms with Gasteiger partial charge >= 0.3 is 0 Å². The Labute approximate surface area is 209 Å². The number of carbonyl (C=O) groups excluding carboxylic acids is 1. The lowest BCUT2D eigenvalue weighted by Crippen LogP contribution is -2.44. The Morgan fingerprint density at radius 3 is 2.58 bits per heavy atom. The number of carbonyl (C=O) groups is 1. The molecule has 0 unspecified atom stereocenters. The number of ether oxygens (including phenoxy) is 1. The predicted octanol–water partition coefficient (Wildman–Crippen LogP) is 2.89. The van der Waals surface area contributed by atoms with Gasteiger partial charge in [-0.3, -0.25) is 9.63 Å². The third kappa shape index (κ3) is 5.63. The van der Waals surface area contributed by atoms with E-state index in [4.69, 9.17) is 9.57 Å². The molecule has 0 radical (unpaired) electrons. The van der Waals surface area contributed by atoms with Crippen LogP contribution in [-0.2, 0) is 4.84 Å². The lowest BCUT2D eigenvalue weighted by molar-refractivity contribution is 0.0538. The number of likely N-dealkylation sites (N-methyl/N-ethyl adjacent to an activating group) is 1. The van der Waals surface area contributed by atoms with Gasteiger partial charge in [0.2, 0.25) is 5.95 Å². The number of methoxy groups -OCH3 is 1. The number of nitriles is 1. The Bertz CT molecular complexity index is 1270. The quantitative estimate of drug-likeness (QED) is 0.407. The highest BCUT2D eigenvalue weighted by atomic mass is 16.6. The number of hydrogen-bond acceptors (Lipinski definition) is 10. The highest BCUT2D eigenvalue weighted by molar-refractivity contribution is 5.99. The van der Waals surface area contributed by atoms with E-state index in [1.54, 1.807) is 31.4 Å². The molecule has 3 N–H and O–H groups in total. The number of aromatic nitrogens is 2. The van der Waals surface area contributed by atoms with Gasteiger partial charge in [-0.05, 0) is 37.4 Å². The SMILES string of the molecule is CONC(=O)c1ccccc1Nc1nc(Nc2ccc(OC)c(N3CCN(C)CC3)c2)ncc1C#N. The Hall–Kier alpha value is -4.40. The van der Waals surface area contributed by atoms with Crippen molar-refractivity contribution < 1.29 is 14.4 Å². The van der Waals surface area contributed by atoms with Gasteiger partial charge in [0.1, 0.15) is 17.4 Å². The monoisotopic (exact) mass is 488 g/mol. The first kappa shape index (κ1) is 24.7. The zero-order valence-corrected chi connectivity index (χ0v) is 20.4. The van der Waals surface area contributed by atoms with Crippen LogP contribution in [0.5, 0.6) is 5.75 Å². The van der Waals surface area contributed by atoms with Crippen LogP contribution in [0.3, 0.4) is 0 Å². The van der Waals surface area contributed by atoms with Crippen molar-refractivity contribution in [3.05, 3.63) is 59.8 Å². The van der Waals surface area contributed by atoms with Crippen molar-refractivity contribution >= 4 is 34.7 Å². The molecule has 0 aliphatic carbocycles. The fraction of sp³-hybridized carbons (Fsp3) is 0.280. The van der Waals surface area contributed by atoms with Gasteiger partial charge < -0.3 is 25.2 Å². The lowest BCUT2D eigenvalue weighted by Gasteiger charge is -2.34. The fourth-order valence-electron chi connectivity index (χ4n) is 3.88. The van der Waals surface area contributed by atoms with Gasteiger partial charge in [0, 0.05) is 31.9 Å². The first-order valence-corrected chi connectivity index (χ1v) is 11.4. The van der Waals surface area contributed by atoms with Gasteiger partial charge in [-0.2, -0.15) is 10.2 Å². The summed E-state index contributed by atoms with van der Waals surface area (Å²) in [5, 5.41) is 15.9. The normalized spacial score (nSPS) is 13.6. The molecule has 1 aliphatic rings. The van der Waals surface area contributed by atoms with E-state index in [0.29, 0.717) is 17.2 Å². The van der Waals surface area contributed by atoms with Crippen molar-refractivity contribution in [1.29, 1.82) is 5.26 Å². The van der Waals surface area contributed by atoms with Crippen molar-refractivity contribution in [3.8, 4) is 11.8 Å². The van der Waals surface area contributed by atoms with Gasteiger partial charge in [0.15, 0.2) is 5.82 Å². The maximum absolute atomic E-state index is 12.3. The summed E-state index contributed by atoms with van der Waals surface area (Å²) in [5.74, 6) is 0.922. The van der Waals surface area contributed by atoms with E-state index in [9.17, 15) is 10.1 Å². The average molecular weight is 489 g/mol. The van der Waals surface area contributed by atoms with Crippen LogP contribution in [-0.4, -0.2) is 68.2 Å². The summed E-state index contributed by atoms with van der Waals surface area (Å²) in [6.45, 7) is 3.73. The Morgan fingerprint density at radius 1 is 1.08 bits per heavy atom. The molecule has 1 saturated heterocycles. The van der Waals surface area contributed by atoms with E-state index in [0.717, 1.165) is 43.3 Å². The Kier molecular flexibility index (Phi) is 7.79. The second-order valence-electron chi connectivity index (χ2n) is 8.18. The van der Waals surface area contributed by atoms with Crippen molar-refractivity contribution in [1.82, 2.24) is 20.3 Å². The van der Waals surface area contributed by atoms with Crippen molar-refractivity contribution in [3.63, 3.8) is 0 Å². The molecular weight excluding hydrogens is 460 g/mol.